The molecule has 2 atom stereocenters. The minimum Gasteiger partial charge on any atom is -0.492 e. The second kappa shape index (κ2) is 7.41. The number of ether oxygens (including phenoxy) is 4. The molecule has 126 valence electrons. The van der Waals surface area contributed by atoms with Gasteiger partial charge in [-0.2, -0.15) is 0 Å². The Hall–Kier alpha value is -2.15. The van der Waals surface area contributed by atoms with E-state index < -0.39 is 0 Å². The Morgan fingerprint density at radius 3 is 3.09 bits per heavy atom. The summed E-state index contributed by atoms with van der Waals surface area (Å²) in [5, 5.41) is 5.66. The van der Waals surface area contributed by atoms with E-state index in [-0.39, 0.29) is 25.0 Å². The third kappa shape index (κ3) is 4.19. The van der Waals surface area contributed by atoms with Gasteiger partial charge in [0, 0.05) is 12.7 Å². The van der Waals surface area contributed by atoms with Gasteiger partial charge in [0.2, 0.25) is 6.79 Å². The van der Waals surface area contributed by atoms with Crippen molar-refractivity contribution in [2.24, 2.45) is 0 Å². The number of rotatable bonds is 6. The molecular formula is C16H22N2O5. The Morgan fingerprint density at radius 1 is 1.39 bits per heavy atom. The Morgan fingerprint density at radius 2 is 2.26 bits per heavy atom. The van der Waals surface area contributed by atoms with E-state index in [2.05, 4.69) is 10.6 Å². The highest BCUT2D eigenvalue weighted by molar-refractivity contribution is 5.74. The van der Waals surface area contributed by atoms with Crippen molar-refractivity contribution in [3.05, 3.63) is 18.2 Å². The van der Waals surface area contributed by atoms with Crippen LogP contribution >= 0.6 is 0 Å². The van der Waals surface area contributed by atoms with Gasteiger partial charge in [-0.15, -0.1) is 0 Å². The molecule has 2 amide bonds. The zero-order valence-electron chi connectivity index (χ0n) is 13.2. The minimum atomic E-state index is -0.206. The Balaban J connectivity index is 1.34. The van der Waals surface area contributed by atoms with Crippen molar-refractivity contribution in [2.45, 2.75) is 31.9 Å². The molecule has 7 nitrogen and oxygen atoms in total. The summed E-state index contributed by atoms with van der Waals surface area (Å²) in [5.74, 6) is 2.08. The van der Waals surface area contributed by atoms with Crippen molar-refractivity contribution in [3.8, 4) is 17.2 Å². The second-order valence-corrected chi connectivity index (χ2v) is 5.60. The molecule has 1 fully saturated rings. The van der Waals surface area contributed by atoms with E-state index in [1.807, 2.05) is 13.0 Å². The molecule has 1 aromatic carbocycles. The van der Waals surface area contributed by atoms with Gasteiger partial charge in [0.1, 0.15) is 12.4 Å². The van der Waals surface area contributed by atoms with Gasteiger partial charge in [-0.1, -0.05) is 0 Å². The monoisotopic (exact) mass is 322 g/mol. The molecule has 0 saturated carbocycles. The van der Waals surface area contributed by atoms with Gasteiger partial charge in [0.15, 0.2) is 11.5 Å². The molecule has 2 aliphatic heterocycles. The van der Waals surface area contributed by atoms with Crippen LogP contribution in [0.15, 0.2) is 18.2 Å². The van der Waals surface area contributed by atoms with Crippen molar-refractivity contribution < 1.29 is 23.7 Å². The lowest BCUT2D eigenvalue weighted by Gasteiger charge is -2.20. The molecule has 2 aliphatic rings. The number of hydrogen-bond donors (Lipinski definition) is 2. The number of benzene rings is 1. The Bertz CT molecular complexity index is 545. The zero-order chi connectivity index (χ0) is 16.1. The maximum Gasteiger partial charge on any atom is 0.315 e. The first-order valence-corrected chi connectivity index (χ1v) is 7.91. The summed E-state index contributed by atoms with van der Waals surface area (Å²) >= 11 is 0. The van der Waals surface area contributed by atoms with Crippen LogP contribution in [-0.2, 0) is 4.74 Å². The van der Waals surface area contributed by atoms with Crippen molar-refractivity contribution in [1.29, 1.82) is 0 Å². The third-order valence-corrected chi connectivity index (χ3v) is 3.88. The van der Waals surface area contributed by atoms with Crippen LogP contribution in [0.2, 0.25) is 0 Å². The Kier molecular flexibility index (Phi) is 5.07. The number of fused-ring (bicyclic) bond motifs is 1. The summed E-state index contributed by atoms with van der Waals surface area (Å²) in [6, 6.07) is 5.20. The highest BCUT2D eigenvalue weighted by Gasteiger charge is 2.23. The summed E-state index contributed by atoms with van der Waals surface area (Å²) in [6.07, 6.45) is 2.17. The molecule has 7 heteroatoms. The van der Waals surface area contributed by atoms with Crippen molar-refractivity contribution in [1.82, 2.24) is 10.6 Å². The smallest absolute Gasteiger partial charge is 0.315 e. The number of hydrogen-bond acceptors (Lipinski definition) is 5. The van der Waals surface area contributed by atoms with E-state index in [4.69, 9.17) is 18.9 Å². The van der Waals surface area contributed by atoms with Crippen molar-refractivity contribution in [3.63, 3.8) is 0 Å². The zero-order valence-corrected chi connectivity index (χ0v) is 13.2. The number of amides is 2. The van der Waals surface area contributed by atoms with E-state index in [9.17, 15) is 4.79 Å². The van der Waals surface area contributed by atoms with Crippen LogP contribution in [0.1, 0.15) is 19.8 Å². The van der Waals surface area contributed by atoms with E-state index in [0.717, 1.165) is 25.2 Å². The average molecular weight is 322 g/mol. The standard InChI is InChI=1S/C16H22N2O5/c1-11(13-3-2-7-21-13)18-16(19)17-6-8-20-12-4-5-14-15(9-12)23-10-22-14/h4-5,9,11,13H,2-3,6-8,10H2,1H3,(H2,17,18,19)/t11-,13-/m1/s1. The Labute approximate surface area is 135 Å². The fourth-order valence-electron chi connectivity index (χ4n) is 2.65. The molecule has 3 rings (SSSR count). The molecule has 0 unspecified atom stereocenters. The van der Waals surface area contributed by atoms with E-state index in [1.54, 1.807) is 12.1 Å². The van der Waals surface area contributed by atoms with Crippen LogP contribution < -0.4 is 24.8 Å². The fourth-order valence-corrected chi connectivity index (χ4v) is 2.65. The van der Waals surface area contributed by atoms with E-state index >= 15 is 0 Å². The molecule has 1 saturated heterocycles. The lowest BCUT2D eigenvalue weighted by atomic mass is 10.1. The molecule has 2 N–H and O–H groups in total. The molecule has 0 aliphatic carbocycles. The van der Waals surface area contributed by atoms with E-state index in [0.29, 0.717) is 24.7 Å². The quantitative estimate of drug-likeness (QED) is 0.779. The maximum atomic E-state index is 11.8. The molecule has 23 heavy (non-hydrogen) atoms. The second-order valence-electron chi connectivity index (χ2n) is 5.60. The highest BCUT2D eigenvalue weighted by Crippen LogP contribution is 2.34. The SMILES string of the molecule is C[C@@H](NC(=O)NCCOc1ccc2c(c1)OCO2)[C@H]1CCCO1. The van der Waals surface area contributed by atoms with Crippen LogP contribution in [0.3, 0.4) is 0 Å². The van der Waals surface area contributed by atoms with Crippen LogP contribution in [0.5, 0.6) is 17.2 Å². The van der Waals surface area contributed by atoms with Gasteiger partial charge in [0.25, 0.3) is 0 Å². The number of carbonyl (C=O) groups is 1. The molecule has 0 aromatic heterocycles. The van der Waals surface area contributed by atoms with Gasteiger partial charge < -0.3 is 29.6 Å². The first kappa shape index (κ1) is 15.7. The van der Waals surface area contributed by atoms with Gasteiger partial charge in [-0.25, -0.2) is 4.79 Å². The number of carbonyl (C=O) groups excluding carboxylic acids is 1. The van der Waals surface area contributed by atoms with Crippen molar-refractivity contribution >= 4 is 6.03 Å². The summed E-state index contributed by atoms with van der Waals surface area (Å²) in [5.41, 5.74) is 0. The largest absolute Gasteiger partial charge is 0.492 e. The van der Waals surface area contributed by atoms with Gasteiger partial charge in [-0.3, -0.25) is 0 Å². The topological polar surface area (TPSA) is 78.1 Å². The molecule has 2 heterocycles. The summed E-state index contributed by atoms with van der Waals surface area (Å²) < 4.78 is 21.6. The number of nitrogens with one attached hydrogen (secondary N) is 2. The molecule has 0 radical (unpaired) electrons. The highest BCUT2D eigenvalue weighted by atomic mass is 16.7. The van der Waals surface area contributed by atoms with Crippen LogP contribution in [0, 0.1) is 0 Å². The normalized spacial score (nSPS) is 20.1. The van der Waals surface area contributed by atoms with Crippen molar-refractivity contribution in [2.75, 3.05) is 26.6 Å². The lowest BCUT2D eigenvalue weighted by Crippen LogP contribution is -2.46. The first-order chi connectivity index (χ1) is 11.2. The minimum absolute atomic E-state index is 0.00674. The lowest BCUT2D eigenvalue weighted by molar-refractivity contribution is 0.0860. The fraction of sp³-hybridized carbons (Fsp3) is 0.562. The summed E-state index contributed by atoms with van der Waals surface area (Å²) in [4.78, 5) is 11.8. The van der Waals surface area contributed by atoms with E-state index in [1.165, 1.54) is 0 Å². The third-order valence-electron chi connectivity index (χ3n) is 3.88. The van der Waals surface area contributed by atoms with Gasteiger partial charge >= 0.3 is 6.03 Å². The molecular weight excluding hydrogens is 300 g/mol. The average Bonchev–Trinajstić information content (AvgIpc) is 3.22. The predicted molar refractivity (Wildman–Crippen MR) is 83.0 cm³/mol. The molecule has 1 aromatic rings. The van der Waals surface area contributed by atoms with Crippen LogP contribution in [0.4, 0.5) is 4.79 Å². The first-order valence-electron chi connectivity index (χ1n) is 7.91. The summed E-state index contributed by atoms with van der Waals surface area (Å²) in [7, 11) is 0. The molecule has 0 spiro atoms. The predicted octanol–water partition coefficient (Wildman–Crippen LogP) is 1.66. The molecule has 0 bridgehead atoms. The van der Waals surface area contributed by atoms with Gasteiger partial charge in [-0.05, 0) is 31.9 Å². The number of urea groups is 1. The van der Waals surface area contributed by atoms with Gasteiger partial charge in [0.05, 0.1) is 18.7 Å². The van der Waals surface area contributed by atoms with Crippen LogP contribution in [-0.4, -0.2) is 44.7 Å². The summed E-state index contributed by atoms with van der Waals surface area (Å²) in [6.45, 7) is 3.77. The van der Waals surface area contributed by atoms with Crippen LogP contribution in [0.25, 0.3) is 0 Å². The maximum absolute atomic E-state index is 11.8.